The first kappa shape index (κ1) is 18.3. The Morgan fingerprint density at radius 1 is 1.48 bits per heavy atom. The number of nitrogens with one attached hydrogen (secondary N) is 1. The molecule has 1 fully saturated rings. The van der Waals surface area contributed by atoms with Crippen molar-refractivity contribution < 1.29 is 23.1 Å². The predicted octanol–water partition coefficient (Wildman–Crippen LogP) is 0.113. The molecule has 7 nitrogen and oxygen atoms in total. The van der Waals surface area contributed by atoms with E-state index >= 15 is 0 Å². The Bertz CT molecular complexity index is 438. The summed E-state index contributed by atoms with van der Waals surface area (Å²) >= 11 is 0. The highest BCUT2D eigenvalue weighted by Crippen LogP contribution is 2.20. The minimum atomic E-state index is -3.71. The largest absolute Gasteiger partial charge is 0.466 e. The zero-order valence-electron chi connectivity index (χ0n) is 12.9. The molecule has 0 spiro atoms. The summed E-state index contributed by atoms with van der Waals surface area (Å²) in [5, 5.41) is 9.25. The fourth-order valence-electron chi connectivity index (χ4n) is 2.26. The van der Waals surface area contributed by atoms with E-state index < -0.39 is 22.2 Å². The van der Waals surface area contributed by atoms with E-state index in [1.807, 2.05) is 13.8 Å². The van der Waals surface area contributed by atoms with Crippen molar-refractivity contribution in [2.45, 2.75) is 39.7 Å². The van der Waals surface area contributed by atoms with Crippen LogP contribution in [-0.2, 0) is 19.7 Å². The molecule has 1 aliphatic rings. The molecule has 1 rings (SSSR count). The predicted molar refractivity (Wildman–Crippen MR) is 78.7 cm³/mol. The lowest BCUT2D eigenvalue weighted by Crippen LogP contribution is -2.52. The molecule has 2 N–H and O–H groups in total. The number of esters is 1. The Kier molecular flexibility index (Phi) is 7.05. The van der Waals surface area contributed by atoms with Gasteiger partial charge in [-0.05, 0) is 25.7 Å². The van der Waals surface area contributed by atoms with Gasteiger partial charge in [-0.3, -0.25) is 4.79 Å². The van der Waals surface area contributed by atoms with Crippen LogP contribution in [0.1, 0.15) is 33.6 Å². The Morgan fingerprint density at radius 3 is 2.67 bits per heavy atom. The molecule has 1 aliphatic heterocycles. The highest BCUT2D eigenvalue weighted by atomic mass is 32.2. The van der Waals surface area contributed by atoms with Crippen molar-refractivity contribution in [3.8, 4) is 0 Å². The van der Waals surface area contributed by atoms with E-state index in [-0.39, 0.29) is 25.0 Å². The number of rotatable bonds is 7. The van der Waals surface area contributed by atoms with Crippen molar-refractivity contribution in [1.29, 1.82) is 0 Å². The lowest BCUT2D eigenvalue weighted by atomic mass is 10.0. The van der Waals surface area contributed by atoms with Gasteiger partial charge < -0.3 is 9.84 Å². The summed E-state index contributed by atoms with van der Waals surface area (Å²) in [5.41, 5.74) is 0. The molecular weight excluding hydrogens is 296 g/mol. The summed E-state index contributed by atoms with van der Waals surface area (Å²) in [6.45, 7) is 5.94. The van der Waals surface area contributed by atoms with Gasteiger partial charge in [0.05, 0.1) is 19.1 Å². The molecule has 0 aromatic heterocycles. The van der Waals surface area contributed by atoms with Gasteiger partial charge in [0.1, 0.15) is 0 Å². The van der Waals surface area contributed by atoms with Gasteiger partial charge in [0, 0.05) is 19.1 Å². The minimum Gasteiger partial charge on any atom is -0.466 e. The van der Waals surface area contributed by atoms with Crippen molar-refractivity contribution in [2.24, 2.45) is 11.8 Å². The van der Waals surface area contributed by atoms with Crippen LogP contribution in [0.25, 0.3) is 0 Å². The molecular formula is C13H26N2O5S. The first-order chi connectivity index (χ1) is 9.81. The topological polar surface area (TPSA) is 95.9 Å². The maximum Gasteiger partial charge on any atom is 0.310 e. The Hall–Kier alpha value is -0.700. The number of nitrogens with zero attached hydrogens (tertiary/aromatic N) is 1. The van der Waals surface area contributed by atoms with Gasteiger partial charge in [-0.2, -0.15) is 17.4 Å². The molecule has 0 saturated carbocycles. The molecule has 0 aromatic carbocycles. The van der Waals surface area contributed by atoms with Crippen LogP contribution >= 0.6 is 0 Å². The zero-order valence-corrected chi connectivity index (χ0v) is 13.7. The second-order valence-electron chi connectivity index (χ2n) is 5.61. The van der Waals surface area contributed by atoms with Gasteiger partial charge in [0.25, 0.3) is 10.2 Å². The molecule has 0 radical (unpaired) electrons. The monoisotopic (exact) mass is 322 g/mol. The molecule has 1 heterocycles. The molecule has 0 bridgehead atoms. The lowest BCUT2D eigenvalue weighted by Gasteiger charge is -2.32. The SMILES string of the molecule is CCOC(=O)C1CCCN(S(=O)(=O)N[C@H](CO)C(C)C)C1. The highest BCUT2D eigenvalue weighted by Gasteiger charge is 2.34. The summed E-state index contributed by atoms with van der Waals surface area (Å²) in [5.74, 6) is -0.780. The van der Waals surface area contributed by atoms with E-state index in [9.17, 15) is 18.3 Å². The fourth-order valence-corrected chi connectivity index (χ4v) is 3.89. The lowest BCUT2D eigenvalue weighted by molar-refractivity contribution is -0.149. The number of piperidine rings is 1. The van der Waals surface area contributed by atoms with Crippen molar-refractivity contribution in [3.63, 3.8) is 0 Å². The Labute approximate surface area is 126 Å². The average Bonchev–Trinajstić information content (AvgIpc) is 2.45. The van der Waals surface area contributed by atoms with Gasteiger partial charge >= 0.3 is 5.97 Å². The number of hydrogen-bond donors (Lipinski definition) is 2. The summed E-state index contributed by atoms with van der Waals surface area (Å²) in [6.07, 6.45) is 1.26. The highest BCUT2D eigenvalue weighted by molar-refractivity contribution is 7.87. The van der Waals surface area contributed by atoms with E-state index in [1.165, 1.54) is 4.31 Å². The van der Waals surface area contributed by atoms with Crippen LogP contribution in [-0.4, -0.2) is 56.1 Å². The number of ether oxygens (including phenoxy) is 1. The standard InChI is InChI=1S/C13H26N2O5S/c1-4-20-13(17)11-6-5-7-15(8-11)21(18,19)14-12(9-16)10(2)3/h10-12,14,16H,4-9H2,1-3H3/t11?,12-/m1/s1. The maximum atomic E-state index is 12.3. The second kappa shape index (κ2) is 8.07. The van der Waals surface area contributed by atoms with Crippen LogP contribution < -0.4 is 4.72 Å². The second-order valence-corrected chi connectivity index (χ2v) is 7.31. The van der Waals surface area contributed by atoms with E-state index in [4.69, 9.17) is 4.74 Å². The van der Waals surface area contributed by atoms with E-state index in [0.29, 0.717) is 26.0 Å². The smallest absolute Gasteiger partial charge is 0.310 e. The number of aliphatic hydroxyl groups excluding tert-OH is 1. The third-order valence-electron chi connectivity index (χ3n) is 3.65. The first-order valence-electron chi connectivity index (χ1n) is 7.36. The van der Waals surface area contributed by atoms with Crippen LogP contribution in [0, 0.1) is 11.8 Å². The van der Waals surface area contributed by atoms with Crippen LogP contribution in [0.15, 0.2) is 0 Å². The summed E-state index contributed by atoms with van der Waals surface area (Å²) in [4.78, 5) is 11.8. The minimum absolute atomic E-state index is 0.0181. The van der Waals surface area contributed by atoms with E-state index in [0.717, 1.165) is 0 Å². The van der Waals surface area contributed by atoms with Crippen molar-refractivity contribution in [3.05, 3.63) is 0 Å². The molecule has 0 aliphatic carbocycles. The molecule has 1 unspecified atom stereocenters. The normalized spacial score (nSPS) is 22.2. The van der Waals surface area contributed by atoms with Crippen molar-refractivity contribution >= 4 is 16.2 Å². The van der Waals surface area contributed by atoms with Crippen LogP contribution in [0.2, 0.25) is 0 Å². The van der Waals surface area contributed by atoms with E-state index in [2.05, 4.69) is 4.72 Å². The first-order valence-corrected chi connectivity index (χ1v) is 8.80. The van der Waals surface area contributed by atoms with Gasteiger partial charge in [0.2, 0.25) is 0 Å². The van der Waals surface area contributed by atoms with Crippen molar-refractivity contribution in [2.75, 3.05) is 26.3 Å². The molecule has 21 heavy (non-hydrogen) atoms. The number of carbonyl (C=O) groups excluding carboxylic acids is 1. The summed E-state index contributed by atoms with van der Waals surface area (Å²) in [7, 11) is -3.71. The molecule has 124 valence electrons. The quantitative estimate of drug-likeness (QED) is 0.649. The molecule has 0 aromatic rings. The fraction of sp³-hybridized carbons (Fsp3) is 0.923. The molecule has 8 heteroatoms. The van der Waals surface area contributed by atoms with E-state index in [1.54, 1.807) is 6.92 Å². The molecule has 0 amide bonds. The number of hydrogen-bond acceptors (Lipinski definition) is 5. The third kappa shape index (κ3) is 5.21. The van der Waals surface area contributed by atoms with Gasteiger partial charge in [0.15, 0.2) is 0 Å². The van der Waals surface area contributed by atoms with Crippen molar-refractivity contribution in [1.82, 2.24) is 9.03 Å². The van der Waals surface area contributed by atoms with Crippen LogP contribution in [0.4, 0.5) is 0 Å². The van der Waals surface area contributed by atoms with Gasteiger partial charge in [-0.1, -0.05) is 13.8 Å². The van der Waals surface area contributed by atoms with Gasteiger partial charge in [-0.25, -0.2) is 0 Å². The third-order valence-corrected chi connectivity index (χ3v) is 5.26. The summed E-state index contributed by atoms with van der Waals surface area (Å²) in [6, 6.07) is -0.530. The van der Waals surface area contributed by atoms with Crippen LogP contribution in [0.5, 0.6) is 0 Å². The number of aliphatic hydroxyl groups is 1. The summed E-state index contributed by atoms with van der Waals surface area (Å²) < 4.78 is 33.4. The maximum absolute atomic E-state index is 12.3. The Balaban J connectivity index is 2.72. The number of carbonyl (C=O) groups is 1. The zero-order chi connectivity index (χ0) is 16.0. The van der Waals surface area contributed by atoms with Gasteiger partial charge in [-0.15, -0.1) is 0 Å². The van der Waals surface area contributed by atoms with Crippen LogP contribution in [0.3, 0.4) is 0 Å². The molecule has 1 saturated heterocycles. The Morgan fingerprint density at radius 2 is 2.14 bits per heavy atom. The average molecular weight is 322 g/mol. The molecule has 2 atom stereocenters.